The average Bonchev–Trinajstić information content (AvgIpc) is 2.94. The van der Waals surface area contributed by atoms with Crippen molar-refractivity contribution >= 4 is 11.5 Å². The zero-order valence-electron chi connectivity index (χ0n) is 22.2. The van der Waals surface area contributed by atoms with Gasteiger partial charge in [-0.3, -0.25) is 4.79 Å². The Balaban J connectivity index is 0.00000154. The van der Waals surface area contributed by atoms with Crippen molar-refractivity contribution < 1.29 is 9.18 Å². The van der Waals surface area contributed by atoms with Crippen LogP contribution in [0.3, 0.4) is 0 Å². The van der Waals surface area contributed by atoms with E-state index in [1.165, 1.54) is 24.0 Å². The van der Waals surface area contributed by atoms with Crippen molar-refractivity contribution in [3.63, 3.8) is 0 Å². The van der Waals surface area contributed by atoms with E-state index in [0.29, 0.717) is 11.5 Å². The number of carbonyl (C=O) groups excluding carboxylic acids is 1. The number of allylic oxidation sites excluding steroid dienone is 4. The first-order chi connectivity index (χ1) is 17.5. The molecule has 0 spiro atoms. The highest BCUT2D eigenvalue weighted by atomic mass is 19.1. The Bertz CT molecular complexity index is 1030. The van der Waals surface area contributed by atoms with Crippen molar-refractivity contribution in [3.05, 3.63) is 89.3 Å². The number of benzene rings is 1. The van der Waals surface area contributed by atoms with Crippen molar-refractivity contribution in [2.24, 2.45) is 5.92 Å². The van der Waals surface area contributed by atoms with Gasteiger partial charge in [-0.15, -0.1) is 0 Å². The third-order valence-corrected chi connectivity index (χ3v) is 6.14. The maximum absolute atomic E-state index is 13.5. The van der Waals surface area contributed by atoms with Gasteiger partial charge in [-0.05, 0) is 80.9 Å². The zero-order chi connectivity index (χ0) is 26.9. The van der Waals surface area contributed by atoms with Crippen LogP contribution in [-0.2, 0) is 11.2 Å². The molecule has 6 heteroatoms. The summed E-state index contributed by atoms with van der Waals surface area (Å²) in [6.45, 7) is 15.1. The number of halogens is 1. The smallest absolute Gasteiger partial charge is 0.254 e. The maximum Gasteiger partial charge on any atom is 0.254 e. The summed E-state index contributed by atoms with van der Waals surface area (Å²) in [6, 6.07) is 8.58. The van der Waals surface area contributed by atoms with Gasteiger partial charge in [0.25, 0.3) is 5.91 Å². The molecule has 3 rings (SSSR count). The van der Waals surface area contributed by atoms with Gasteiger partial charge in [-0.2, -0.15) is 0 Å². The number of amides is 1. The molecular formula is C30H39FN4O. The minimum absolute atomic E-state index is 0.0418. The quantitative estimate of drug-likeness (QED) is 0.311. The lowest BCUT2D eigenvalue weighted by Gasteiger charge is -2.32. The fourth-order valence-electron chi connectivity index (χ4n) is 3.90. The van der Waals surface area contributed by atoms with Crippen molar-refractivity contribution in [1.29, 1.82) is 5.26 Å². The Morgan fingerprint density at radius 3 is 2.33 bits per heavy atom. The maximum atomic E-state index is 13.5. The van der Waals surface area contributed by atoms with Gasteiger partial charge in [0.15, 0.2) is 0 Å². The first-order valence-electron chi connectivity index (χ1n) is 12.6. The minimum atomic E-state index is -0.204. The number of likely N-dealkylation sites (tertiary alicyclic amines) is 1. The molecule has 1 fully saturated rings. The van der Waals surface area contributed by atoms with Gasteiger partial charge in [0, 0.05) is 31.4 Å². The first-order valence-corrected chi connectivity index (χ1v) is 12.6. The SMILES string of the molecule is C#N.CC.CC/C(C)=C/C=C\C(C(=O)N1CCC(Cc2ccc(F)cc2)CC1)=C(/C)c1ccncn1. The Kier molecular flexibility index (Phi) is 14.3. The van der Waals surface area contributed by atoms with E-state index < -0.39 is 0 Å². The van der Waals surface area contributed by atoms with E-state index in [9.17, 15) is 9.18 Å². The molecule has 1 aromatic heterocycles. The number of hydrogen-bond donors (Lipinski definition) is 0. The Hall–Kier alpha value is -3.59. The summed E-state index contributed by atoms with van der Waals surface area (Å²) in [7, 11) is 0. The number of nitriles is 1. The van der Waals surface area contributed by atoms with Gasteiger partial charge in [-0.25, -0.2) is 19.6 Å². The third kappa shape index (κ3) is 9.58. The molecule has 1 amide bonds. The molecular weight excluding hydrogens is 451 g/mol. The third-order valence-electron chi connectivity index (χ3n) is 6.14. The molecule has 0 atom stereocenters. The predicted molar refractivity (Wildman–Crippen MR) is 145 cm³/mol. The number of hydrogen-bond acceptors (Lipinski definition) is 4. The van der Waals surface area contributed by atoms with E-state index in [1.54, 1.807) is 6.20 Å². The molecule has 0 aliphatic carbocycles. The lowest BCUT2D eigenvalue weighted by molar-refractivity contribution is -0.128. The molecule has 0 saturated carbocycles. The van der Waals surface area contributed by atoms with E-state index in [-0.39, 0.29) is 11.7 Å². The second-order valence-corrected chi connectivity index (χ2v) is 8.43. The number of aromatic nitrogens is 2. The van der Waals surface area contributed by atoms with Gasteiger partial charge in [0.1, 0.15) is 12.1 Å². The molecule has 2 heterocycles. The highest BCUT2D eigenvalue weighted by Gasteiger charge is 2.25. The number of rotatable bonds is 7. The van der Waals surface area contributed by atoms with Gasteiger partial charge < -0.3 is 4.90 Å². The van der Waals surface area contributed by atoms with Crippen molar-refractivity contribution in [2.45, 2.75) is 60.3 Å². The highest BCUT2D eigenvalue weighted by molar-refractivity contribution is 6.03. The van der Waals surface area contributed by atoms with E-state index in [4.69, 9.17) is 5.26 Å². The Morgan fingerprint density at radius 2 is 1.78 bits per heavy atom. The Morgan fingerprint density at radius 1 is 1.14 bits per heavy atom. The predicted octanol–water partition coefficient (Wildman–Crippen LogP) is 6.95. The van der Waals surface area contributed by atoms with Crippen LogP contribution in [-0.4, -0.2) is 33.9 Å². The van der Waals surface area contributed by atoms with E-state index in [0.717, 1.165) is 55.6 Å². The van der Waals surface area contributed by atoms with Crippen LogP contribution in [0.15, 0.2) is 72.2 Å². The van der Waals surface area contributed by atoms with Gasteiger partial charge in [-0.1, -0.05) is 50.6 Å². The number of nitrogens with zero attached hydrogens (tertiary/aromatic N) is 4. The normalized spacial score (nSPS) is 14.8. The minimum Gasteiger partial charge on any atom is -0.339 e. The summed E-state index contributed by atoms with van der Waals surface area (Å²) in [5.41, 5.74) is 4.69. The van der Waals surface area contributed by atoms with Gasteiger partial charge in [0.2, 0.25) is 0 Å². The average molecular weight is 491 g/mol. The topological polar surface area (TPSA) is 69.9 Å². The molecule has 0 radical (unpaired) electrons. The van der Waals surface area contributed by atoms with Crippen molar-refractivity contribution in [1.82, 2.24) is 14.9 Å². The monoisotopic (exact) mass is 490 g/mol. The summed E-state index contributed by atoms with van der Waals surface area (Å²) < 4.78 is 13.2. The highest BCUT2D eigenvalue weighted by Crippen LogP contribution is 2.25. The molecule has 0 bridgehead atoms. The van der Waals surface area contributed by atoms with E-state index in [2.05, 4.69) is 36.5 Å². The summed E-state index contributed by atoms with van der Waals surface area (Å²) in [4.78, 5) is 23.7. The summed E-state index contributed by atoms with van der Waals surface area (Å²) in [6.07, 6.45) is 12.9. The molecule has 1 saturated heterocycles. The standard InChI is InChI=1S/C27H32FN3O.C2H6.CHN/c1-4-20(2)6-5-7-25(21(3)26-12-15-29-19-30-26)27(32)31-16-13-23(14-17-31)18-22-8-10-24(28)11-9-22;2*1-2/h5-12,15,19,23H,4,13-14,16-18H2,1-3H3;1-2H3;1H/b7-5-,20-6+,25-21-;;. The van der Waals surface area contributed by atoms with Crippen LogP contribution in [0.1, 0.15) is 65.1 Å². The summed E-state index contributed by atoms with van der Waals surface area (Å²) >= 11 is 0. The van der Waals surface area contributed by atoms with Crippen LogP contribution in [0.2, 0.25) is 0 Å². The molecule has 0 unspecified atom stereocenters. The second-order valence-electron chi connectivity index (χ2n) is 8.43. The molecule has 1 aliphatic heterocycles. The largest absolute Gasteiger partial charge is 0.339 e. The van der Waals surface area contributed by atoms with Crippen molar-refractivity contribution in [3.8, 4) is 6.57 Å². The number of carbonyl (C=O) groups is 1. The van der Waals surface area contributed by atoms with Crippen LogP contribution in [0, 0.1) is 23.6 Å². The molecule has 5 nitrogen and oxygen atoms in total. The molecule has 0 N–H and O–H groups in total. The second kappa shape index (κ2) is 16.9. The molecule has 192 valence electrons. The van der Waals surface area contributed by atoms with Crippen molar-refractivity contribution in [2.75, 3.05) is 13.1 Å². The van der Waals surface area contributed by atoms with Crippen LogP contribution in [0.4, 0.5) is 4.39 Å². The first kappa shape index (κ1) is 30.4. The zero-order valence-corrected chi connectivity index (χ0v) is 22.2. The summed E-state index contributed by atoms with van der Waals surface area (Å²) in [5, 5.41) is 6.50. The molecule has 36 heavy (non-hydrogen) atoms. The van der Waals surface area contributed by atoms with Crippen LogP contribution < -0.4 is 0 Å². The summed E-state index contributed by atoms with van der Waals surface area (Å²) in [5.74, 6) is 0.343. The van der Waals surface area contributed by atoms with Crippen LogP contribution in [0.5, 0.6) is 0 Å². The fourth-order valence-corrected chi connectivity index (χ4v) is 3.90. The van der Waals surface area contributed by atoms with Crippen LogP contribution in [0.25, 0.3) is 5.57 Å². The fraction of sp³-hybridized carbons (Fsp3) is 0.400. The van der Waals surface area contributed by atoms with Crippen LogP contribution >= 0.6 is 0 Å². The Labute approximate surface area is 216 Å². The van der Waals surface area contributed by atoms with Gasteiger partial charge >= 0.3 is 0 Å². The number of piperidine rings is 1. The molecule has 1 aromatic carbocycles. The molecule has 2 aromatic rings. The van der Waals surface area contributed by atoms with Gasteiger partial charge in [0.05, 0.1) is 5.69 Å². The lowest BCUT2D eigenvalue weighted by atomic mass is 9.89. The van der Waals surface area contributed by atoms with E-state index >= 15 is 0 Å². The lowest BCUT2D eigenvalue weighted by Crippen LogP contribution is -2.39. The van der Waals surface area contributed by atoms with E-state index in [1.807, 2.05) is 56.0 Å². The molecule has 1 aliphatic rings.